The van der Waals surface area contributed by atoms with E-state index in [0.717, 1.165) is 0 Å². The molecule has 0 spiro atoms. The van der Waals surface area contributed by atoms with Gasteiger partial charge >= 0.3 is 0 Å². The molecule has 1 unspecified atom stereocenters. The van der Waals surface area contributed by atoms with Crippen LogP contribution in [0.4, 0.5) is 0 Å². The third-order valence-corrected chi connectivity index (χ3v) is 2.71. The van der Waals surface area contributed by atoms with Crippen LogP contribution in [0.3, 0.4) is 0 Å². The van der Waals surface area contributed by atoms with Crippen molar-refractivity contribution in [2.75, 3.05) is 0 Å². The van der Waals surface area contributed by atoms with Crippen molar-refractivity contribution in [1.82, 2.24) is 0 Å². The monoisotopic (exact) mass is 155 g/mol. The molecular formula is C8H13NS. The standard InChI is InChI=1S/C8H13NS/c1-6(2)8-9-5-4-7(3)10-8/h4-7H,1-3H3. The molecule has 0 aromatic rings. The normalized spacial score (nSPS) is 25.2. The predicted molar refractivity (Wildman–Crippen MR) is 48.5 cm³/mol. The number of nitrogens with zero attached hydrogens (tertiary/aromatic N) is 1. The molecule has 0 amide bonds. The summed E-state index contributed by atoms with van der Waals surface area (Å²) in [6.07, 6.45) is 4.03. The summed E-state index contributed by atoms with van der Waals surface area (Å²) in [5.74, 6) is 0.581. The lowest BCUT2D eigenvalue weighted by atomic mass is 10.2. The maximum Gasteiger partial charge on any atom is 0.0762 e. The molecule has 1 heterocycles. The van der Waals surface area contributed by atoms with E-state index in [-0.39, 0.29) is 0 Å². The van der Waals surface area contributed by atoms with Gasteiger partial charge < -0.3 is 0 Å². The quantitative estimate of drug-likeness (QED) is 0.567. The molecule has 0 aromatic carbocycles. The molecule has 0 N–H and O–H groups in total. The third kappa shape index (κ3) is 1.87. The fourth-order valence-electron chi connectivity index (χ4n) is 0.783. The highest BCUT2D eigenvalue weighted by molar-refractivity contribution is 8.14. The Balaban J connectivity index is 2.61. The average molecular weight is 155 g/mol. The van der Waals surface area contributed by atoms with Crippen molar-refractivity contribution >= 4 is 16.8 Å². The van der Waals surface area contributed by atoms with Crippen molar-refractivity contribution < 1.29 is 0 Å². The summed E-state index contributed by atoms with van der Waals surface area (Å²) in [4.78, 5) is 4.28. The van der Waals surface area contributed by atoms with Crippen LogP contribution in [0.2, 0.25) is 0 Å². The summed E-state index contributed by atoms with van der Waals surface area (Å²) >= 11 is 1.86. The van der Waals surface area contributed by atoms with E-state index in [1.54, 1.807) is 0 Å². The zero-order valence-electron chi connectivity index (χ0n) is 6.66. The summed E-state index contributed by atoms with van der Waals surface area (Å²) in [6, 6.07) is 0. The van der Waals surface area contributed by atoms with Gasteiger partial charge in [-0.1, -0.05) is 19.9 Å². The maximum atomic E-state index is 4.28. The Kier molecular flexibility index (Phi) is 2.55. The van der Waals surface area contributed by atoms with Crippen molar-refractivity contribution in [3.63, 3.8) is 0 Å². The SMILES string of the molecule is CC1C=CN=C(C(C)C)S1. The Morgan fingerprint density at radius 1 is 1.60 bits per heavy atom. The number of thioether (sulfide) groups is 1. The van der Waals surface area contributed by atoms with Crippen LogP contribution in [0.5, 0.6) is 0 Å². The van der Waals surface area contributed by atoms with E-state index in [0.29, 0.717) is 11.2 Å². The Morgan fingerprint density at radius 2 is 2.30 bits per heavy atom. The van der Waals surface area contributed by atoms with Gasteiger partial charge in [0.15, 0.2) is 0 Å². The highest BCUT2D eigenvalue weighted by atomic mass is 32.2. The summed E-state index contributed by atoms with van der Waals surface area (Å²) in [5.41, 5.74) is 0. The molecular weight excluding hydrogens is 142 g/mol. The van der Waals surface area contributed by atoms with Gasteiger partial charge in [-0.15, -0.1) is 11.8 Å². The molecule has 0 bridgehead atoms. The lowest BCUT2D eigenvalue weighted by Gasteiger charge is -2.14. The fourth-order valence-corrected chi connectivity index (χ4v) is 1.71. The predicted octanol–water partition coefficient (Wildman–Crippen LogP) is 2.69. The van der Waals surface area contributed by atoms with Crippen LogP contribution < -0.4 is 0 Å². The Morgan fingerprint density at radius 3 is 2.70 bits per heavy atom. The van der Waals surface area contributed by atoms with Gasteiger partial charge in [0.2, 0.25) is 0 Å². The number of hydrogen-bond acceptors (Lipinski definition) is 2. The van der Waals surface area contributed by atoms with E-state index in [1.807, 2.05) is 18.0 Å². The van der Waals surface area contributed by atoms with Gasteiger partial charge in [-0.2, -0.15) is 0 Å². The molecule has 0 saturated heterocycles. The maximum absolute atomic E-state index is 4.28. The topological polar surface area (TPSA) is 12.4 Å². The molecule has 0 radical (unpaired) electrons. The summed E-state index contributed by atoms with van der Waals surface area (Å²) in [5, 5.41) is 1.87. The van der Waals surface area contributed by atoms with Gasteiger partial charge in [0, 0.05) is 17.4 Å². The van der Waals surface area contributed by atoms with Crippen molar-refractivity contribution in [3.8, 4) is 0 Å². The van der Waals surface area contributed by atoms with E-state index in [9.17, 15) is 0 Å². The fraction of sp³-hybridized carbons (Fsp3) is 0.625. The third-order valence-electron chi connectivity index (χ3n) is 1.36. The average Bonchev–Trinajstić information content (AvgIpc) is 1.88. The Bertz CT molecular complexity index is 170. The first kappa shape index (κ1) is 7.86. The second-order valence-electron chi connectivity index (χ2n) is 2.79. The van der Waals surface area contributed by atoms with Crippen molar-refractivity contribution in [2.24, 2.45) is 10.9 Å². The zero-order valence-corrected chi connectivity index (χ0v) is 7.48. The van der Waals surface area contributed by atoms with Gasteiger partial charge in [-0.3, -0.25) is 4.99 Å². The summed E-state index contributed by atoms with van der Waals surface area (Å²) in [7, 11) is 0. The van der Waals surface area contributed by atoms with Crippen LogP contribution in [0, 0.1) is 5.92 Å². The molecule has 1 aliphatic rings. The summed E-state index contributed by atoms with van der Waals surface area (Å²) < 4.78 is 0. The van der Waals surface area contributed by atoms with Crippen LogP contribution in [0.1, 0.15) is 20.8 Å². The van der Waals surface area contributed by atoms with Crippen LogP contribution >= 0.6 is 11.8 Å². The van der Waals surface area contributed by atoms with E-state index in [2.05, 4.69) is 31.8 Å². The van der Waals surface area contributed by atoms with Gasteiger partial charge in [0.1, 0.15) is 0 Å². The molecule has 0 fully saturated rings. The van der Waals surface area contributed by atoms with Gasteiger partial charge in [-0.25, -0.2) is 0 Å². The molecule has 1 atom stereocenters. The van der Waals surface area contributed by atoms with Crippen LogP contribution in [0.25, 0.3) is 0 Å². The molecule has 10 heavy (non-hydrogen) atoms. The van der Waals surface area contributed by atoms with E-state index < -0.39 is 0 Å². The first-order valence-electron chi connectivity index (χ1n) is 3.61. The van der Waals surface area contributed by atoms with E-state index >= 15 is 0 Å². The Labute approximate surface area is 66.6 Å². The smallest absolute Gasteiger partial charge is 0.0762 e. The van der Waals surface area contributed by atoms with Crippen molar-refractivity contribution in [2.45, 2.75) is 26.0 Å². The van der Waals surface area contributed by atoms with Crippen LogP contribution in [-0.2, 0) is 0 Å². The van der Waals surface area contributed by atoms with Gasteiger partial charge in [-0.05, 0) is 6.92 Å². The summed E-state index contributed by atoms with van der Waals surface area (Å²) in [6.45, 7) is 6.55. The zero-order chi connectivity index (χ0) is 7.56. The molecule has 1 rings (SSSR count). The lowest BCUT2D eigenvalue weighted by Crippen LogP contribution is -2.09. The lowest BCUT2D eigenvalue weighted by molar-refractivity contribution is 0.898. The minimum Gasteiger partial charge on any atom is -0.254 e. The van der Waals surface area contributed by atoms with Gasteiger partial charge in [0.05, 0.1) is 5.04 Å². The number of hydrogen-bond donors (Lipinski definition) is 0. The molecule has 56 valence electrons. The highest BCUT2D eigenvalue weighted by Crippen LogP contribution is 2.22. The van der Waals surface area contributed by atoms with E-state index in [4.69, 9.17) is 0 Å². The largest absolute Gasteiger partial charge is 0.254 e. The minimum atomic E-state index is 0.581. The van der Waals surface area contributed by atoms with Gasteiger partial charge in [0.25, 0.3) is 0 Å². The van der Waals surface area contributed by atoms with Crippen LogP contribution in [-0.4, -0.2) is 10.3 Å². The van der Waals surface area contributed by atoms with Crippen molar-refractivity contribution in [3.05, 3.63) is 12.3 Å². The first-order valence-corrected chi connectivity index (χ1v) is 4.49. The second kappa shape index (κ2) is 3.24. The number of aliphatic imine (C=N–C) groups is 1. The van der Waals surface area contributed by atoms with Crippen LogP contribution in [0.15, 0.2) is 17.3 Å². The molecule has 0 saturated carbocycles. The van der Waals surface area contributed by atoms with Crippen molar-refractivity contribution in [1.29, 1.82) is 0 Å². The first-order chi connectivity index (χ1) is 4.70. The Hall–Kier alpha value is -0.240. The molecule has 0 aliphatic carbocycles. The van der Waals surface area contributed by atoms with E-state index in [1.165, 1.54) is 5.04 Å². The molecule has 2 heteroatoms. The molecule has 1 aliphatic heterocycles. The molecule has 1 nitrogen and oxygen atoms in total. The highest BCUT2D eigenvalue weighted by Gasteiger charge is 2.11. The number of rotatable bonds is 1. The second-order valence-corrected chi connectivity index (χ2v) is 4.18. The molecule has 0 aromatic heterocycles. The minimum absolute atomic E-state index is 0.581.